The second kappa shape index (κ2) is 6.03. The lowest BCUT2D eigenvalue weighted by Gasteiger charge is -2.28. The standard InChI is InChI=1S/C16H17N3O3/c1-11-10-22-15-7-12(16(20)18-21)4-5-13(15)9-19(11)14-3-2-6-17-8-14/h2-8,11,21H,9-10H2,1H3,(H,18,20). The van der Waals surface area contributed by atoms with Crippen molar-refractivity contribution >= 4 is 11.6 Å². The summed E-state index contributed by atoms with van der Waals surface area (Å²) >= 11 is 0. The molecule has 1 aromatic heterocycles. The number of carbonyl (C=O) groups excluding carboxylic acids is 1. The number of ether oxygens (including phenoxy) is 1. The van der Waals surface area contributed by atoms with Crippen LogP contribution in [0.25, 0.3) is 0 Å². The van der Waals surface area contributed by atoms with Crippen LogP contribution in [0.2, 0.25) is 0 Å². The summed E-state index contributed by atoms with van der Waals surface area (Å²) in [6.07, 6.45) is 3.57. The van der Waals surface area contributed by atoms with E-state index in [1.54, 1.807) is 23.8 Å². The molecule has 0 aliphatic carbocycles. The van der Waals surface area contributed by atoms with Crippen molar-refractivity contribution in [2.75, 3.05) is 11.5 Å². The number of nitrogens with zero attached hydrogens (tertiary/aromatic N) is 2. The van der Waals surface area contributed by atoms with Crippen LogP contribution < -0.4 is 15.1 Å². The normalized spacial score (nSPS) is 17.2. The first-order valence-corrected chi connectivity index (χ1v) is 7.06. The average molecular weight is 299 g/mol. The minimum absolute atomic E-state index is 0.173. The Hall–Kier alpha value is -2.60. The molecule has 2 heterocycles. The summed E-state index contributed by atoms with van der Waals surface area (Å²) in [5, 5.41) is 8.73. The molecule has 22 heavy (non-hydrogen) atoms. The summed E-state index contributed by atoms with van der Waals surface area (Å²) in [6.45, 7) is 3.26. The monoisotopic (exact) mass is 299 g/mol. The van der Waals surface area contributed by atoms with Gasteiger partial charge in [-0.25, -0.2) is 5.48 Å². The molecule has 1 aliphatic rings. The van der Waals surface area contributed by atoms with Gasteiger partial charge < -0.3 is 9.64 Å². The summed E-state index contributed by atoms with van der Waals surface area (Å²) in [4.78, 5) is 17.9. The minimum Gasteiger partial charge on any atom is -0.491 e. The van der Waals surface area contributed by atoms with Gasteiger partial charge in [0, 0.05) is 23.9 Å². The quantitative estimate of drug-likeness (QED) is 0.655. The molecule has 1 amide bonds. The highest BCUT2D eigenvalue weighted by Crippen LogP contribution is 2.29. The van der Waals surface area contributed by atoms with Crippen molar-refractivity contribution in [2.45, 2.75) is 19.5 Å². The Labute approximate surface area is 128 Å². The molecule has 1 unspecified atom stereocenters. The van der Waals surface area contributed by atoms with E-state index in [1.165, 1.54) is 0 Å². The highest BCUT2D eigenvalue weighted by atomic mass is 16.5. The summed E-state index contributed by atoms with van der Waals surface area (Å²) in [7, 11) is 0. The molecule has 3 rings (SSSR count). The van der Waals surface area contributed by atoms with Crippen molar-refractivity contribution in [3.63, 3.8) is 0 Å². The van der Waals surface area contributed by atoms with Gasteiger partial charge in [0.2, 0.25) is 0 Å². The maximum absolute atomic E-state index is 11.5. The Morgan fingerprint density at radius 1 is 1.45 bits per heavy atom. The number of hydroxylamine groups is 1. The van der Waals surface area contributed by atoms with E-state index in [0.29, 0.717) is 24.5 Å². The van der Waals surface area contributed by atoms with Crippen LogP contribution in [-0.2, 0) is 6.54 Å². The van der Waals surface area contributed by atoms with Crippen molar-refractivity contribution in [2.24, 2.45) is 0 Å². The fraction of sp³-hybridized carbons (Fsp3) is 0.250. The second-order valence-corrected chi connectivity index (χ2v) is 5.26. The van der Waals surface area contributed by atoms with Crippen LogP contribution in [0, 0.1) is 0 Å². The lowest BCUT2D eigenvalue weighted by atomic mass is 10.1. The molecule has 1 atom stereocenters. The number of amides is 1. The number of anilines is 1. The first kappa shape index (κ1) is 14.3. The first-order valence-electron chi connectivity index (χ1n) is 7.06. The maximum Gasteiger partial charge on any atom is 0.274 e. The number of hydrogen-bond acceptors (Lipinski definition) is 5. The topological polar surface area (TPSA) is 74.7 Å². The number of nitrogens with one attached hydrogen (secondary N) is 1. The molecule has 6 nitrogen and oxygen atoms in total. The van der Waals surface area contributed by atoms with Crippen LogP contribution in [0.5, 0.6) is 5.75 Å². The van der Waals surface area contributed by atoms with Gasteiger partial charge in [-0.3, -0.25) is 15.0 Å². The smallest absolute Gasteiger partial charge is 0.274 e. The summed E-state index contributed by atoms with van der Waals surface area (Å²) in [5.41, 5.74) is 4.02. The Kier molecular flexibility index (Phi) is 3.93. The maximum atomic E-state index is 11.5. The molecule has 6 heteroatoms. The van der Waals surface area contributed by atoms with Crippen LogP contribution in [-0.4, -0.2) is 28.7 Å². The van der Waals surface area contributed by atoms with Crippen LogP contribution in [0.3, 0.4) is 0 Å². The van der Waals surface area contributed by atoms with E-state index < -0.39 is 5.91 Å². The van der Waals surface area contributed by atoms with Gasteiger partial charge in [0.15, 0.2) is 0 Å². The summed E-state index contributed by atoms with van der Waals surface area (Å²) < 4.78 is 5.82. The van der Waals surface area contributed by atoms with Crippen molar-refractivity contribution in [1.29, 1.82) is 0 Å². The number of pyridine rings is 1. The molecule has 0 spiro atoms. The van der Waals surface area contributed by atoms with Gasteiger partial charge in [-0.15, -0.1) is 0 Å². The Bertz CT molecular complexity index is 676. The first-order chi connectivity index (χ1) is 10.7. The third-order valence-electron chi connectivity index (χ3n) is 3.76. The second-order valence-electron chi connectivity index (χ2n) is 5.26. The van der Waals surface area contributed by atoms with Crippen molar-refractivity contribution in [3.8, 4) is 5.75 Å². The molecule has 114 valence electrons. The van der Waals surface area contributed by atoms with E-state index in [2.05, 4.69) is 16.8 Å². The molecular weight excluding hydrogens is 282 g/mol. The number of benzene rings is 1. The third kappa shape index (κ3) is 2.73. The van der Waals surface area contributed by atoms with Gasteiger partial charge in [0.05, 0.1) is 17.9 Å². The zero-order valence-corrected chi connectivity index (χ0v) is 12.2. The minimum atomic E-state index is -0.548. The Balaban J connectivity index is 1.93. The van der Waals surface area contributed by atoms with Crippen LogP contribution in [0.1, 0.15) is 22.8 Å². The average Bonchev–Trinajstić information content (AvgIpc) is 2.74. The predicted octanol–water partition coefficient (Wildman–Crippen LogP) is 1.99. The van der Waals surface area contributed by atoms with Crippen molar-refractivity contribution < 1.29 is 14.7 Å². The lowest BCUT2D eigenvalue weighted by molar-refractivity contribution is 0.0706. The van der Waals surface area contributed by atoms with Gasteiger partial charge >= 0.3 is 0 Å². The van der Waals surface area contributed by atoms with Gasteiger partial charge in [-0.05, 0) is 31.2 Å². The van der Waals surface area contributed by atoms with Gasteiger partial charge in [0.25, 0.3) is 5.91 Å². The highest BCUT2D eigenvalue weighted by Gasteiger charge is 2.22. The van der Waals surface area contributed by atoms with E-state index in [4.69, 9.17) is 9.94 Å². The number of rotatable bonds is 2. The zero-order valence-electron chi connectivity index (χ0n) is 12.2. The largest absolute Gasteiger partial charge is 0.491 e. The number of carbonyl (C=O) groups is 1. The summed E-state index contributed by atoms with van der Waals surface area (Å²) in [6, 6.07) is 9.27. The molecule has 0 radical (unpaired) electrons. The number of fused-ring (bicyclic) bond motifs is 1. The Morgan fingerprint density at radius 2 is 2.32 bits per heavy atom. The number of aromatic nitrogens is 1. The molecule has 0 saturated carbocycles. The lowest BCUT2D eigenvalue weighted by Crippen LogP contribution is -2.34. The van der Waals surface area contributed by atoms with E-state index >= 15 is 0 Å². The predicted molar refractivity (Wildman–Crippen MR) is 81.1 cm³/mol. The van der Waals surface area contributed by atoms with E-state index in [0.717, 1.165) is 11.3 Å². The van der Waals surface area contributed by atoms with Crippen LogP contribution in [0.4, 0.5) is 5.69 Å². The summed E-state index contributed by atoms with van der Waals surface area (Å²) in [5.74, 6) is 0.118. The fourth-order valence-corrected chi connectivity index (χ4v) is 2.53. The molecular formula is C16H17N3O3. The van der Waals surface area contributed by atoms with Gasteiger partial charge in [-0.1, -0.05) is 6.07 Å². The van der Waals surface area contributed by atoms with Crippen molar-refractivity contribution in [1.82, 2.24) is 10.5 Å². The van der Waals surface area contributed by atoms with E-state index in [1.807, 2.05) is 24.4 Å². The van der Waals surface area contributed by atoms with E-state index in [9.17, 15) is 4.79 Å². The third-order valence-corrected chi connectivity index (χ3v) is 3.76. The van der Waals surface area contributed by atoms with Gasteiger partial charge in [0.1, 0.15) is 12.4 Å². The number of hydrogen-bond donors (Lipinski definition) is 2. The molecule has 0 bridgehead atoms. The zero-order chi connectivity index (χ0) is 15.5. The fourth-order valence-electron chi connectivity index (χ4n) is 2.53. The van der Waals surface area contributed by atoms with E-state index in [-0.39, 0.29) is 6.04 Å². The Morgan fingerprint density at radius 3 is 3.05 bits per heavy atom. The van der Waals surface area contributed by atoms with Crippen molar-refractivity contribution in [3.05, 3.63) is 53.9 Å². The SMILES string of the molecule is CC1COc2cc(C(=O)NO)ccc2CN1c1cccnc1. The molecule has 0 saturated heterocycles. The molecule has 1 aliphatic heterocycles. The highest BCUT2D eigenvalue weighted by molar-refractivity contribution is 5.93. The molecule has 1 aromatic carbocycles. The van der Waals surface area contributed by atoms with Gasteiger partial charge in [-0.2, -0.15) is 0 Å². The molecule has 0 fully saturated rings. The molecule has 2 N–H and O–H groups in total. The molecule has 2 aromatic rings. The van der Waals surface area contributed by atoms with Crippen LogP contribution in [0.15, 0.2) is 42.7 Å². The van der Waals surface area contributed by atoms with Crippen LogP contribution >= 0.6 is 0 Å².